The van der Waals surface area contributed by atoms with E-state index in [-0.39, 0.29) is 5.91 Å². The molecule has 4 rings (SSSR count). The fourth-order valence-electron chi connectivity index (χ4n) is 3.96. The minimum Gasteiger partial charge on any atom is -0.356 e. The molecule has 1 aromatic heterocycles. The molecule has 0 aliphatic carbocycles. The van der Waals surface area contributed by atoms with Gasteiger partial charge >= 0.3 is 0 Å². The molecule has 3 aromatic rings. The van der Waals surface area contributed by atoms with E-state index in [1.807, 2.05) is 23.1 Å². The summed E-state index contributed by atoms with van der Waals surface area (Å²) in [5, 5.41) is 11.9. The van der Waals surface area contributed by atoms with E-state index in [0.29, 0.717) is 40.2 Å². The van der Waals surface area contributed by atoms with Crippen molar-refractivity contribution >= 4 is 34.9 Å². The number of hydrogen-bond acceptors (Lipinski definition) is 3. The van der Waals surface area contributed by atoms with Crippen LogP contribution in [-0.4, -0.2) is 28.2 Å². The molecule has 1 amide bonds. The molecule has 1 saturated heterocycles. The lowest BCUT2D eigenvalue weighted by atomic mass is 9.98. The molecule has 8 heteroatoms. The molecule has 0 spiro atoms. The third-order valence-electron chi connectivity index (χ3n) is 5.65. The van der Waals surface area contributed by atoms with Crippen molar-refractivity contribution in [3.63, 3.8) is 0 Å². The topological polar surface area (TPSA) is 69.1 Å². The second-order valence-corrected chi connectivity index (χ2v) is 8.90. The van der Waals surface area contributed by atoms with Crippen LogP contribution in [0.3, 0.4) is 0 Å². The summed E-state index contributed by atoms with van der Waals surface area (Å²) in [6.07, 6.45) is 1.72. The van der Waals surface area contributed by atoms with E-state index in [9.17, 15) is 9.18 Å². The highest BCUT2D eigenvalue weighted by atomic mass is 35.5. The van der Waals surface area contributed by atoms with Gasteiger partial charge in [0.25, 0.3) is 5.91 Å². The number of amides is 1. The fraction of sp³-hybridized carbons (Fsp3) is 0.240. The van der Waals surface area contributed by atoms with Gasteiger partial charge in [0.2, 0.25) is 5.95 Å². The second-order valence-electron chi connectivity index (χ2n) is 8.09. The average Bonchev–Trinajstić information content (AvgIpc) is 3.18. The highest BCUT2D eigenvalue weighted by Gasteiger charge is 2.19. The maximum atomic E-state index is 13.6. The van der Waals surface area contributed by atoms with Crippen LogP contribution in [0.2, 0.25) is 10.0 Å². The highest BCUT2D eigenvalue weighted by Crippen LogP contribution is 2.27. The summed E-state index contributed by atoms with van der Waals surface area (Å²) < 4.78 is 13.6. The number of nitrogens with zero attached hydrogens (tertiary/aromatic N) is 2. The van der Waals surface area contributed by atoms with Crippen LogP contribution in [-0.2, 0) is 13.1 Å². The van der Waals surface area contributed by atoms with Crippen molar-refractivity contribution in [2.75, 3.05) is 6.54 Å². The molecular formula is C25H23Cl2FN4O. The first-order valence-electron chi connectivity index (χ1n) is 10.6. The largest absolute Gasteiger partial charge is 0.356 e. The van der Waals surface area contributed by atoms with Crippen LogP contribution in [0.1, 0.15) is 40.0 Å². The average molecular weight is 485 g/mol. The molecule has 0 atom stereocenters. The Morgan fingerprint density at radius 3 is 2.64 bits per heavy atom. The Morgan fingerprint density at radius 1 is 1.12 bits per heavy atom. The van der Waals surface area contributed by atoms with Crippen LogP contribution in [0.25, 0.3) is 11.1 Å². The number of likely N-dealkylation sites (tertiary alicyclic amines) is 1. The first-order valence-corrected chi connectivity index (χ1v) is 11.4. The van der Waals surface area contributed by atoms with Crippen LogP contribution in [0, 0.1) is 18.3 Å². The van der Waals surface area contributed by atoms with Gasteiger partial charge in [-0.2, -0.15) is 4.39 Å². The van der Waals surface area contributed by atoms with Crippen LogP contribution in [0.5, 0.6) is 0 Å². The number of pyridine rings is 1. The minimum atomic E-state index is -0.544. The van der Waals surface area contributed by atoms with Gasteiger partial charge in [-0.1, -0.05) is 29.3 Å². The molecule has 5 nitrogen and oxygen atoms in total. The summed E-state index contributed by atoms with van der Waals surface area (Å²) in [5.74, 6) is -0.184. The number of carbonyl (C=O) groups excluding carboxylic acids is 1. The Morgan fingerprint density at radius 2 is 1.94 bits per heavy atom. The number of carbonyl (C=O) groups is 1. The van der Waals surface area contributed by atoms with E-state index in [1.165, 1.54) is 6.07 Å². The van der Waals surface area contributed by atoms with Crippen molar-refractivity contribution in [3.8, 4) is 11.1 Å². The molecule has 1 aliphatic rings. The molecule has 1 fully saturated rings. The predicted octanol–water partition coefficient (Wildman–Crippen LogP) is 6.01. The number of nitrogens with one attached hydrogen (secondary N) is 2. The Bertz CT molecular complexity index is 1230. The number of amidine groups is 1. The Labute approximate surface area is 202 Å². The molecule has 0 unspecified atom stereocenters. The number of rotatable bonds is 6. The molecule has 0 bridgehead atoms. The van der Waals surface area contributed by atoms with Crippen molar-refractivity contribution in [1.82, 2.24) is 15.2 Å². The zero-order chi connectivity index (χ0) is 23.5. The molecule has 1 aliphatic heterocycles. The van der Waals surface area contributed by atoms with Crippen LogP contribution >= 0.6 is 23.2 Å². The molecule has 2 aromatic carbocycles. The van der Waals surface area contributed by atoms with E-state index >= 15 is 0 Å². The van der Waals surface area contributed by atoms with Gasteiger partial charge in [0.1, 0.15) is 0 Å². The number of benzene rings is 2. The fourth-order valence-corrected chi connectivity index (χ4v) is 4.29. The minimum absolute atomic E-state index is 0.242. The van der Waals surface area contributed by atoms with Gasteiger partial charge in [-0.3, -0.25) is 10.2 Å². The summed E-state index contributed by atoms with van der Waals surface area (Å²) in [5.41, 5.74) is 4.30. The monoisotopic (exact) mass is 484 g/mol. The molecule has 33 heavy (non-hydrogen) atoms. The molecule has 2 heterocycles. The SMILES string of the molecule is Cc1nc(F)ccc1-c1cc(CN2CCCC2=N)cc(C(=O)NCc2ccc(Cl)c(Cl)c2)c1. The van der Waals surface area contributed by atoms with Crippen LogP contribution in [0.15, 0.2) is 48.5 Å². The van der Waals surface area contributed by atoms with Gasteiger partial charge in [0, 0.05) is 42.9 Å². The number of hydrogen-bond donors (Lipinski definition) is 2. The predicted molar refractivity (Wildman–Crippen MR) is 129 cm³/mol. The van der Waals surface area contributed by atoms with E-state index in [1.54, 1.807) is 31.2 Å². The van der Waals surface area contributed by atoms with Crippen LogP contribution < -0.4 is 5.32 Å². The summed E-state index contributed by atoms with van der Waals surface area (Å²) in [6, 6.07) is 13.8. The van der Waals surface area contributed by atoms with Gasteiger partial charge in [-0.05, 0) is 72.5 Å². The lowest BCUT2D eigenvalue weighted by Crippen LogP contribution is -2.25. The highest BCUT2D eigenvalue weighted by molar-refractivity contribution is 6.42. The van der Waals surface area contributed by atoms with Crippen molar-refractivity contribution in [2.45, 2.75) is 32.9 Å². The summed E-state index contributed by atoms with van der Waals surface area (Å²) >= 11 is 12.0. The van der Waals surface area contributed by atoms with Gasteiger partial charge in [-0.15, -0.1) is 0 Å². The van der Waals surface area contributed by atoms with Crippen molar-refractivity contribution in [2.24, 2.45) is 0 Å². The second kappa shape index (κ2) is 9.89. The Balaban J connectivity index is 1.63. The van der Waals surface area contributed by atoms with Crippen molar-refractivity contribution in [3.05, 3.63) is 86.9 Å². The van der Waals surface area contributed by atoms with Gasteiger partial charge < -0.3 is 10.2 Å². The van der Waals surface area contributed by atoms with Gasteiger partial charge in [0.15, 0.2) is 0 Å². The standard InChI is InChI=1S/C25H23Cl2FN4O/c1-15-20(5-7-23(28)31-15)18-9-17(14-32-8-2-3-24(32)29)10-19(12-18)25(33)30-13-16-4-6-21(26)22(27)11-16/h4-7,9-12,29H,2-3,8,13-14H2,1H3,(H,30,33). The molecule has 170 valence electrons. The van der Waals surface area contributed by atoms with Gasteiger partial charge in [0.05, 0.1) is 15.9 Å². The smallest absolute Gasteiger partial charge is 0.251 e. The normalized spacial score (nSPS) is 13.5. The van der Waals surface area contributed by atoms with Crippen LogP contribution in [0.4, 0.5) is 4.39 Å². The van der Waals surface area contributed by atoms with Gasteiger partial charge in [-0.25, -0.2) is 4.98 Å². The zero-order valence-corrected chi connectivity index (χ0v) is 19.6. The first-order chi connectivity index (χ1) is 15.8. The molecule has 0 radical (unpaired) electrons. The van der Waals surface area contributed by atoms with Crippen molar-refractivity contribution in [1.29, 1.82) is 5.41 Å². The van der Waals surface area contributed by atoms with E-state index in [0.717, 1.165) is 41.6 Å². The zero-order valence-electron chi connectivity index (χ0n) is 18.1. The molecule has 2 N–H and O–H groups in total. The van der Waals surface area contributed by atoms with E-state index in [2.05, 4.69) is 10.3 Å². The molecule has 0 saturated carbocycles. The quantitative estimate of drug-likeness (QED) is 0.421. The lowest BCUT2D eigenvalue weighted by molar-refractivity contribution is 0.0951. The van der Waals surface area contributed by atoms with E-state index < -0.39 is 5.95 Å². The number of halogens is 3. The third-order valence-corrected chi connectivity index (χ3v) is 6.39. The Hall–Kier alpha value is -2.96. The summed E-state index contributed by atoms with van der Waals surface area (Å²) in [4.78, 5) is 19.0. The third kappa shape index (κ3) is 5.52. The Kier molecular flexibility index (Phi) is 6.96. The van der Waals surface area contributed by atoms with Crippen molar-refractivity contribution < 1.29 is 9.18 Å². The first kappa shape index (κ1) is 23.2. The lowest BCUT2D eigenvalue weighted by Gasteiger charge is -2.19. The number of aromatic nitrogens is 1. The summed E-state index contributed by atoms with van der Waals surface area (Å²) in [6.45, 7) is 3.39. The maximum absolute atomic E-state index is 13.6. The number of aryl methyl sites for hydroxylation is 1. The maximum Gasteiger partial charge on any atom is 0.251 e. The van der Waals surface area contributed by atoms with E-state index in [4.69, 9.17) is 28.6 Å². The summed E-state index contributed by atoms with van der Waals surface area (Å²) in [7, 11) is 0. The molecular weight excluding hydrogens is 462 g/mol.